The van der Waals surface area contributed by atoms with E-state index in [9.17, 15) is 10.1 Å². The van der Waals surface area contributed by atoms with Crippen LogP contribution in [0.2, 0.25) is 0 Å². The number of methoxy groups -OCH3 is 1. The Morgan fingerprint density at radius 2 is 1.72 bits per heavy atom. The first-order chi connectivity index (χ1) is 11.5. The quantitative estimate of drug-likeness (QED) is 0.748. The van der Waals surface area contributed by atoms with Crippen molar-refractivity contribution in [3.8, 4) is 17.2 Å². The lowest BCUT2D eigenvalue weighted by molar-refractivity contribution is -0.143. The van der Waals surface area contributed by atoms with E-state index in [1.807, 2.05) is 68.3 Å². The predicted molar refractivity (Wildman–Crippen MR) is 103 cm³/mol. The van der Waals surface area contributed by atoms with E-state index >= 15 is 0 Å². The number of rotatable bonds is 5. The summed E-state index contributed by atoms with van der Waals surface area (Å²) in [5.41, 5.74) is 3.46. The molecule has 0 fully saturated rings. The molecular formula is C20H23ClN2O2. The zero-order chi connectivity index (χ0) is 17.7. The van der Waals surface area contributed by atoms with Crippen LogP contribution in [0.3, 0.4) is 0 Å². The van der Waals surface area contributed by atoms with Crippen molar-refractivity contribution in [3.05, 3.63) is 54.1 Å². The summed E-state index contributed by atoms with van der Waals surface area (Å²) in [5, 5.41) is 9.24. The molecule has 0 saturated carbocycles. The number of halogens is 1. The molecule has 0 heterocycles. The number of ether oxygens (including phenoxy) is 1. The number of carbonyl (C=O) groups is 1. The second-order valence-corrected chi connectivity index (χ2v) is 6.03. The maximum Gasteiger partial charge on any atom is 0.328 e. The SMILES string of the molecule is COC(=O)[C@H](C(C)C)N(C)c1ccc(-c2ccccc2C#N)cc1.Cl. The summed E-state index contributed by atoms with van der Waals surface area (Å²) < 4.78 is 4.92. The summed E-state index contributed by atoms with van der Waals surface area (Å²) in [6, 6.07) is 17.2. The highest BCUT2D eigenvalue weighted by atomic mass is 35.5. The average molecular weight is 359 g/mol. The molecule has 0 aliphatic rings. The first-order valence-electron chi connectivity index (χ1n) is 7.89. The Balaban J connectivity index is 0.00000312. The molecule has 0 radical (unpaired) electrons. The molecule has 0 aliphatic heterocycles. The summed E-state index contributed by atoms with van der Waals surface area (Å²) in [6.07, 6.45) is 0. The molecule has 2 aromatic carbocycles. The molecule has 0 spiro atoms. The van der Waals surface area contributed by atoms with Crippen LogP contribution in [0.1, 0.15) is 19.4 Å². The zero-order valence-corrected chi connectivity index (χ0v) is 15.7. The molecule has 25 heavy (non-hydrogen) atoms. The molecular weight excluding hydrogens is 336 g/mol. The third kappa shape index (κ3) is 4.52. The number of carbonyl (C=O) groups excluding carboxylic acids is 1. The fraction of sp³-hybridized carbons (Fsp3) is 0.300. The largest absolute Gasteiger partial charge is 0.467 e. The van der Waals surface area contributed by atoms with Crippen LogP contribution in [0.4, 0.5) is 5.69 Å². The number of likely N-dealkylation sites (N-methyl/N-ethyl adjacent to an activating group) is 1. The topological polar surface area (TPSA) is 53.3 Å². The van der Waals surface area contributed by atoms with Gasteiger partial charge in [-0.3, -0.25) is 0 Å². The summed E-state index contributed by atoms with van der Waals surface area (Å²) in [6.45, 7) is 3.99. The van der Waals surface area contributed by atoms with Crippen molar-refractivity contribution < 1.29 is 9.53 Å². The Kier molecular flexibility index (Phi) is 7.47. The highest BCUT2D eigenvalue weighted by Gasteiger charge is 2.27. The number of benzene rings is 2. The zero-order valence-electron chi connectivity index (χ0n) is 14.9. The Morgan fingerprint density at radius 1 is 1.12 bits per heavy atom. The summed E-state index contributed by atoms with van der Waals surface area (Å²) in [5.74, 6) is -0.118. The minimum atomic E-state index is -0.341. The smallest absolute Gasteiger partial charge is 0.328 e. The number of hydrogen-bond donors (Lipinski definition) is 0. The van der Waals surface area contributed by atoms with Gasteiger partial charge in [-0.25, -0.2) is 4.79 Å². The number of esters is 1. The molecule has 132 valence electrons. The molecule has 4 nitrogen and oxygen atoms in total. The van der Waals surface area contributed by atoms with E-state index in [1.165, 1.54) is 7.11 Å². The first kappa shape index (κ1) is 20.5. The van der Waals surface area contributed by atoms with Gasteiger partial charge in [0.15, 0.2) is 0 Å². The second kappa shape index (κ2) is 9.10. The second-order valence-electron chi connectivity index (χ2n) is 6.03. The Labute approximate surface area is 155 Å². The summed E-state index contributed by atoms with van der Waals surface area (Å²) >= 11 is 0. The van der Waals surface area contributed by atoms with Crippen molar-refractivity contribution in [3.63, 3.8) is 0 Å². The summed E-state index contributed by atoms with van der Waals surface area (Å²) in [7, 11) is 3.30. The molecule has 5 heteroatoms. The molecule has 0 bridgehead atoms. The molecule has 0 saturated heterocycles. The van der Waals surface area contributed by atoms with Gasteiger partial charge >= 0.3 is 5.97 Å². The average Bonchev–Trinajstić information content (AvgIpc) is 2.61. The van der Waals surface area contributed by atoms with Crippen LogP contribution in [0.5, 0.6) is 0 Å². The van der Waals surface area contributed by atoms with Gasteiger partial charge in [-0.15, -0.1) is 12.4 Å². The lowest BCUT2D eigenvalue weighted by Gasteiger charge is -2.30. The van der Waals surface area contributed by atoms with Gasteiger partial charge in [-0.1, -0.05) is 44.2 Å². The molecule has 0 N–H and O–H groups in total. The minimum Gasteiger partial charge on any atom is -0.467 e. The van der Waals surface area contributed by atoms with Gasteiger partial charge in [0, 0.05) is 12.7 Å². The van der Waals surface area contributed by atoms with E-state index in [-0.39, 0.29) is 30.3 Å². The molecule has 0 aromatic heterocycles. The van der Waals surface area contributed by atoms with Crippen LogP contribution in [0.15, 0.2) is 48.5 Å². The first-order valence-corrected chi connectivity index (χ1v) is 7.89. The van der Waals surface area contributed by atoms with Crippen molar-refractivity contribution >= 4 is 24.1 Å². The number of nitriles is 1. The van der Waals surface area contributed by atoms with Crippen molar-refractivity contribution in [2.24, 2.45) is 5.92 Å². The van der Waals surface area contributed by atoms with Crippen LogP contribution < -0.4 is 4.90 Å². The van der Waals surface area contributed by atoms with E-state index < -0.39 is 0 Å². The predicted octanol–water partition coefficient (Wildman–Crippen LogP) is 4.28. The van der Waals surface area contributed by atoms with Crippen LogP contribution in [-0.2, 0) is 9.53 Å². The van der Waals surface area contributed by atoms with Gasteiger partial charge in [-0.05, 0) is 35.2 Å². The van der Waals surface area contributed by atoms with Crippen LogP contribution >= 0.6 is 12.4 Å². The fourth-order valence-electron chi connectivity index (χ4n) is 2.87. The molecule has 0 aliphatic carbocycles. The highest BCUT2D eigenvalue weighted by molar-refractivity contribution is 5.85. The molecule has 2 aromatic rings. The normalized spacial score (nSPS) is 11.2. The molecule has 0 amide bonds. The van der Waals surface area contributed by atoms with Gasteiger partial charge in [0.2, 0.25) is 0 Å². The number of hydrogen-bond acceptors (Lipinski definition) is 4. The third-order valence-electron chi connectivity index (χ3n) is 4.12. The van der Waals surface area contributed by atoms with Gasteiger partial charge < -0.3 is 9.64 Å². The lowest BCUT2D eigenvalue weighted by atomic mass is 9.99. The molecule has 2 rings (SSSR count). The van der Waals surface area contributed by atoms with Crippen molar-refractivity contribution in [2.75, 3.05) is 19.1 Å². The number of nitrogens with zero attached hydrogens (tertiary/aromatic N) is 2. The lowest BCUT2D eigenvalue weighted by Crippen LogP contribution is -2.43. The fourth-order valence-corrected chi connectivity index (χ4v) is 2.87. The maximum atomic E-state index is 12.0. The van der Waals surface area contributed by atoms with Gasteiger partial charge in [0.25, 0.3) is 0 Å². The Hall–Kier alpha value is -2.51. The van der Waals surface area contributed by atoms with Crippen molar-refractivity contribution in [1.29, 1.82) is 5.26 Å². The van der Waals surface area contributed by atoms with Gasteiger partial charge in [0.1, 0.15) is 6.04 Å². The highest BCUT2D eigenvalue weighted by Crippen LogP contribution is 2.27. The van der Waals surface area contributed by atoms with E-state index in [4.69, 9.17) is 4.74 Å². The molecule has 0 unspecified atom stereocenters. The van der Waals surface area contributed by atoms with E-state index in [1.54, 1.807) is 6.07 Å². The monoisotopic (exact) mass is 358 g/mol. The maximum absolute atomic E-state index is 12.0. The third-order valence-corrected chi connectivity index (χ3v) is 4.12. The Morgan fingerprint density at radius 3 is 2.24 bits per heavy atom. The summed E-state index contributed by atoms with van der Waals surface area (Å²) in [4.78, 5) is 14.0. The van der Waals surface area contributed by atoms with E-state index in [2.05, 4.69) is 6.07 Å². The molecule has 1 atom stereocenters. The minimum absolute atomic E-state index is 0. The van der Waals surface area contributed by atoms with Crippen LogP contribution in [0.25, 0.3) is 11.1 Å². The standard InChI is InChI=1S/C20H22N2O2.ClH/c1-14(2)19(20(23)24-4)22(3)17-11-9-15(10-12-17)18-8-6-5-7-16(18)13-21;/h5-12,14,19H,1-4H3;1H/t19-;/m0./s1. The van der Waals surface area contributed by atoms with E-state index in [0.717, 1.165) is 16.8 Å². The number of anilines is 1. The van der Waals surface area contributed by atoms with E-state index in [0.29, 0.717) is 5.56 Å². The van der Waals surface area contributed by atoms with Crippen LogP contribution in [0, 0.1) is 17.2 Å². The van der Waals surface area contributed by atoms with Crippen molar-refractivity contribution in [2.45, 2.75) is 19.9 Å². The Bertz CT molecular complexity index is 751. The van der Waals surface area contributed by atoms with Crippen molar-refractivity contribution in [1.82, 2.24) is 0 Å². The van der Waals surface area contributed by atoms with Crippen LogP contribution in [-0.4, -0.2) is 26.2 Å². The van der Waals surface area contributed by atoms with Gasteiger partial charge in [0.05, 0.1) is 18.7 Å². The van der Waals surface area contributed by atoms with Gasteiger partial charge in [-0.2, -0.15) is 5.26 Å².